The van der Waals surface area contributed by atoms with Crippen LogP contribution in [0, 0.1) is 19.8 Å². The minimum absolute atomic E-state index is 0.0231. The lowest BCUT2D eigenvalue weighted by molar-refractivity contribution is 0.0769. The first-order valence-electron chi connectivity index (χ1n) is 8.06. The highest BCUT2D eigenvalue weighted by Gasteiger charge is 2.37. The van der Waals surface area contributed by atoms with Crippen molar-refractivity contribution in [2.45, 2.75) is 44.6 Å². The molecule has 0 radical (unpaired) electrons. The normalized spacial score (nSPS) is 19.9. The lowest BCUT2D eigenvalue weighted by Crippen LogP contribution is -2.28. The van der Waals surface area contributed by atoms with Crippen LogP contribution in [-0.2, 0) is 16.6 Å². The van der Waals surface area contributed by atoms with Crippen LogP contribution >= 0.6 is 0 Å². The van der Waals surface area contributed by atoms with Crippen LogP contribution in [0.1, 0.15) is 52.7 Å². The number of nitrogens with two attached hydrogens (primary N) is 1. The van der Waals surface area contributed by atoms with E-state index in [1.807, 2.05) is 12.1 Å². The van der Waals surface area contributed by atoms with Crippen molar-refractivity contribution in [1.29, 1.82) is 0 Å². The SMILES string of the molecule is Cc1oc(C)c(S(N)(=O)=O)c1C(=O)N(C)Cc1ccc([C@H]2C[C@H]2C)o1. The molecule has 1 aliphatic rings. The molecule has 7 nitrogen and oxygen atoms in total. The summed E-state index contributed by atoms with van der Waals surface area (Å²) >= 11 is 0. The van der Waals surface area contributed by atoms with Crippen LogP contribution in [0.4, 0.5) is 0 Å². The monoisotopic (exact) mass is 366 g/mol. The summed E-state index contributed by atoms with van der Waals surface area (Å²) in [5.41, 5.74) is -0.0231. The summed E-state index contributed by atoms with van der Waals surface area (Å²) < 4.78 is 34.8. The molecule has 3 rings (SSSR count). The van der Waals surface area contributed by atoms with E-state index in [1.54, 1.807) is 14.0 Å². The van der Waals surface area contributed by atoms with Gasteiger partial charge in [-0.3, -0.25) is 4.79 Å². The number of amides is 1. The molecule has 0 spiro atoms. The fourth-order valence-corrected chi connectivity index (χ4v) is 4.10. The Morgan fingerprint density at radius 3 is 2.48 bits per heavy atom. The summed E-state index contributed by atoms with van der Waals surface area (Å²) in [6.07, 6.45) is 1.12. The molecular weight excluding hydrogens is 344 g/mol. The van der Waals surface area contributed by atoms with Gasteiger partial charge in [-0.2, -0.15) is 0 Å². The fourth-order valence-electron chi connectivity index (χ4n) is 3.15. The van der Waals surface area contributed by atoms with Gasteiger partial charge in [-0.15, -0.1) is 0 Å². The maximum absolute atomic E-state index is 12.8. The highest BCUT2D eigenvalue weighted by Crippen LogP contribution is 2.47. The second-order valence-corrected chi connectivity index (χ2v) is 8.25. The molecule has 0 aromatic carbocycles. The molecule has 0 saturated heterocycles. The summed E-state index contributed by atoms with van der Waals surface area (Å²) in [5.74, 6) is 2.54. The molecule has 136 valence electrons. The standard InChI is InChI=1S/C17H22N2O5S/c1-9-7-13(9)14-6-5-12(24-14)8-19(4)17(20)15-10(2)23-11(3)16(15)25(18,21)22/h5-6,9,13H,7-8H2,1-4H3,(H2,18,21,22)/t9-,13+/m1/s1. The summed E-state index contributed by atoms with van der Waals surface area (Å²) in [6, 6.07) is 3.78. The summed E-state index contributed by atoms with van der Waals surface area (Å²) in [6.45, 7) is 5.41. The Hall–Kier alpha value is -2.06. The van der Waals surface area contributed by atoms with Crippen molar-refractivity contribution in [2.24, 2.45) is 11.1 Å². The van der Waals surface area contributed by atoms with Crippen molar-refractivity contribution in [3.8, 4) is 0 Å². The number of carbonyl (C=O) groups excluding carboxylic acids is 1. The third-order valence-corrected chi connectivity index (χ3v) is 5.66. The molecule has 1 amide bonds. The number of hydrogen-bond acceptors (Lipinski definition) is 5. The molecule has 0 unspecified atom stereocenters. The topological polar surface area (TPSA) is 107 Å². The van der Waals surface area contributed by atoms with E-state index >= 15 is 0 Å². The van der Waals surface area contributed by atoms with Gasteiger partial charge in [-0.05, 0) is 38.3 Å². The summed E-state index contributed by atoms with van der Waals surface area (Å²) in [5, 5.41) is 5.24. The van der Waals surface area contributed by atoms with E-state index < -0.39 is 15.9 Å². The molecular formula is C17H22N2O5S. The molecule has 2 N–H and O–H groups in total. The van der Waals surface area contributed by atoms with Gasteiger partial charge in [0.05, 0.1) is 6.54 Å². The van der Waals surface area contributed by atoms with Crippen LogP contribution in [0.3, 0.4) is 0 Å². The minimum atomic E-state index is -4.06. The van der Waals surface area contributed by atoms with Crippen LogP contribution < -0.4 is 5.14 Å². The summed E-state index contributed by atoms with van der Waals surface area (Å²) in [7, 11) is -2.48. The molecule has 0 aliphatic heterocycles. The van der Waals surface area contributed by atoms with Crippen molar-refractivity contribution in [3.05, 3.63) is 40.7 Å². The van der Waals surface area contributed by atoms with Crippen molar-refractivity contribution in [1.82, 2.24) is 4.90 Å². The van der Waals surface area contributed by atoms with Gasteiger partial charge in [0.1, 0.15) is 33.5 Å². The Bertz CT molecular complexity index is 925. The number of furan rings is 2. The molecule has 2 aromatic heterocycles. The third-order valence-electron chi connectivity index (χ3n) is 4.60. The van der Waals surface area contributed by atoms with Crippen LogP contribution in [0.15, 0.2) is 25.9 Å². The van der Waals surface area contributed by atoms with Crippen molar-refractivity contribution in [2.75, 3.05) is 7.05 Å². The second-order valence-electron chi connectivity index (χ2n) is 6.75. The van der Waals surface area contributed by atoms with Crippen molar-refractivity contribution >= 4 is 15.9 Å². The highest BCUT2D eigenvalue weighted by molar-refractivity contribution is 7.89. The average molecular weight is 366 g/mol. The van der Waals surface area contributed by atoms with Crippen molar-refractivity contribution in [3.63, 3.8) is 0 Å². The van der Waals surface area contributed by atoms with E-state index in [0.29, 0.717) is 17.6 Å². The maximum atomic E-state index is 12.8. The van der Waals surface area contributed by atoms with Gasteiger partial charge in [0, 0.05) is 13.0 Å². The summed E-state index contributed by atoms with van der Waals surface area (Å²) in [4.78, 5) is 13.9. The first-order chi connectivity index (χ1) is 11.6. The van der Waals surface area contributed by atoms with E-state index in [-0.39, 0.29) is 28.5 Å². The second kappa shape index (κ2) is 6.03. The highest BCUT2D eigenvalue weighted by atomic mass is 32.2. The van der Waals surface area contributed by atoms with Crippen LogP contribution in [-0.4, -0.2) is 26.3 Å². The molecule has 1 saturated carbocycles. The third kappa shape index (κ3) is 3.36. The van der Waals surface area contributed by atoms with Gasteiger partial charge in [-0.1, -0.05) is 6.92 Å². The molecule has 1 fully saturated rings. The fraction of sp³-hybridized carbons (Fsp3) is 0.471. The largest absolute Gasteiger partial charge is 0.464 e. The predicted octanol–water partition coefficient (Wildman–Crippen LogP) is 2.53. The van der Waals surface area contributed by atoms with Crippen LogP contribution in [0.2, 0.25) is 0 Å². The van der Waals surface area contributed by atoms with E-state index in [1.165, 1.54) is 11.8 Å². The number of nitrogens with zero attached hydrogens (tertiary/aromatic N) is 1. The van der Waals surface area contributed by atoms with Gasteiger partial charge < -0.3 is 13.7 Å². The Balaban J connectivity index is 1.82. The van der Waals surface area contributed by atoms with E-state index in [2.05, 4.69) is 6.92 Å². The first-order valence-corrected chi connectivity index (χ1v) is 9.61. The van der Waals surface area contributed by atoms with Gasteiger partial charge in [0.2, 0.25) is 10.0 Å². The molecule has 2 atom stereocenters. The zero-order valence-corrected chi connectivity index (χ0v) is 15.5. The van der Waals surface area contributed by atoms with Crippen molar-refractivity contribution < 1.29 is 22.0 Å². The van der Waals surface area contributed by atoms with Crippen LogP contribution in [0.25, 0.3) is 0 Å². The van der Waals surface area contributed by atoms with Gasteiger partial charge in [0.25, 0.3) is 5.91 Å². The Morgan fingerprint density at radius 2 is 1.92 bits per heavy atom. The van der Waals surface area contributed by atoms with E-state index in [0.717, 1.165) is 12.2 Å². The van der Waals surface area contributed by atoms with Gasteiger partial charge >= 0.3 is 0 Å². The zero-order chi connectivity index (χ0) is 18.5. The number of hydrogen-bond donors (Lipinski definition) is 1. The van der Waals surface area contributed by atoms with Crippen LogP contribution in [0.5, 0.6) is 0 Å². The molecule has 25 heavy (non-hydrogen) atoms. The lowest BCUT2D eigenvalue weighted by atomic mass is 10.2. The van der Waals surface area contributed by atoms with Gasteiger partial charge in [0.15, 0.2) is 0 Å². The number of primary sulfonamides is 1. The lowest BCUT2D eigenvalue weighted by Gasteiger charge is -2.16. The number of carbonyl (C=O) groups is 1. The van der Waals surface area contributed by atoms with Gasteiger partial charge in [-0.25, -0.2) is 13.6 Å². The smallest absolute Gasteiger partial charge is 0.258 e. The predicted molar refractivity (Wildman–Crippen MR) is 90.6 cm³/mol. The number of aryl methyl sites for hydroxylation is 2. The maximum Gasteiger partial charge on any atom is 0.258 e. The van der Waals surface area contributed by atoms with E-state index in [9.17, 15) is 13.2 Å². The Kier molecular flexibility index (Phi) is 4.28. The number of rotatable bonds is 5. The molecule has 1 aliphatic carbocycles. The first kappa shape index (κ1) is 17.8. The zero-order valence-electron chi connectivity index (χ0n) is 14.7. The molecule has 2 aromatic rings. The minimum Gasteiger partial charge on any atom is -0.464 e. The molecule has 8 heteroatoms. The Labute approximate surface area is 146 Å². The van der Waals surface area contributed by atoms with E-state index in [4.69, 9.17) is 14.0 Å². The molecule has 2 heterocycles. The average Bonchev–Trinajstić information content (AvgIpc) is 2.91. The molecule has 0 bridgehead atoms. The number of sulfonamides is 1. The quantitative estimate of drug-likeness (QED) is 0.875. The Morgan fingerprint density at radius 1 is 1.28 bits per heavy atom.